The van der Waals surface area contributed by atoms with Gasteiger partial charge < -0.3 is 10.1 Å². The summed E-state index contributed by atoms with van der Waals surface area (Å²) in [5.74, 6) is -1.82. The standard InChI is InChI=1S/C19H17F7N2O/c20-16-6-3-13(11-15(16)18(21,22)23)17(28-9-7-27-8-10-28)12-1-4-14(5-2-12)29-19(24,25)26/h1-6,11,17,27H,7-10H2/t17-/m1/s1. The van der Waals surface area contributed by atoms with E-state index in [4.69, 9.17) is 0 Å². The van der Waals surface area contributed by atoms with Crippen LogP contribution in [0.15, 0.2) is 42.5 Å². The average Bonchev–Trinajstić information content (AvgIpc) is 2.63. The van der Waals surface area contributed by atoms with Crippen molar-refractivity contribution < 1.29 is 35.5 Å². The van der Waals surface area contributed by atoms with E-state index in [1.807, 2.05) is 4.90 Å². The highest BCUT2D eigenvalue weighted by atomic mass is 19.4. The van der Waals surface area contributed by atoms with Gasteiger partial charge >= 0.3 is 12.5 Å². The lowest BCUT2D eigenvalue weighted by molar-refractivity contribution is -0.274. The minimum atomic E-state index is -4.86. The molecule has 1 heterocycles. The number of ether oxygens (including phenoxy) is 1. The Hall–Kier alpha value is -2.33. The van der Waals surface area contributed by atoms with E-state index in [0.29, 0.717) is 31.7 Å². The number of halogens is 7. The molecule has 0 radical (unpaired) electrons. The van der Waals surface area contributed by atoms with Crippen molar-refractivity contribution in [3.8, 4) is 5.75 Å². The van der Waals surface area contributed by atoms with Gasteiger partial charge in [0.2, 0.25) is 0 Å². The van der Waals surface area contributed by atoms with E-state index >= 15 is 0 Å². The van der Waals surface area contributed by atoms with Crippen LogP contribution in [0.4, 0.5) is 30.7 Å². The molecule has 1 fully saturated rings. The van der Waals surface area contributed by atoms with Gasteiger partial charge in [-0.15, -0.1) is 13.2 Å². The molecule has 1 atom stereocenters. The van der Waals surface area contributed by atoms with E-state index in [9.17, 15) is 30.7 Å². The molecule has 1 N–H and O–H groups in total. The highest BCUT2D eigenvalue weighted by Gasteiger charge is 2.36. The first-order chi connectivity index (χ1) is 13.5. The first-order valence-corrected chi connectivity index (χ1v) is 8.72. The van der Waals surface area contributed by atoms with E-state index in [1.165, 1.54) is 18.2 Å². The van der Waals surface area contributed by atoms with Crippen molar-refractivity contribution >= 4 is 0 Å². The Bertz CT molecular complexity index is 828. The van der Waals surface area contributed by atoms with Crippen molar-refractivity contribution in [2.75, 3.05) is 26.2 Å². The fraction of sp³-hybridized carbons (Fsp3) is 0.368. The van der Waals surface area contributed by atoms with Gasteiger partial charge in [0.1, 0.15) is 11.6 Å². The van der Waals surface area contributed by atoms with Crippen molar-refractivity contribution in [1.29, 1.82) is 0 Å². The van der Waals surface area contributed by atoms with Gasteiger partial charge in [0.15, 0.2) is 0 Å². The Morgan fingerprint density at radius 3 is 2.00 bits per heavy atom. The van der Waals surface area contributed by atoms with Gasteiger partial charge in [-0.05, 0) is 35.4 Å². The Morgan fingerprint density at radius 1 is 0.862 bits per heavy atom. The van der Waals surface area contributed by atoms with Crippen LogP contribution in [-0.4, -0.2) is 37.4 Å². The van der Waals surface area contributed by atoms with Gasteiger partial charge in [0.05, 0.1) is 11.6 Å². The van der Waals surface area contributed by atoms with Gasteiger partial charge in [0.25, 0.3) is 0 Å². The zero-order valence-corrected chi connectivity index (χ0v) is 14.9. The first kappa shape index (κ1) is 21.4. The van der Waals surface area contributed by atoms with E-state index < -0.39 is 35.7 Å². The second-order valence-electron chi connectivity index (χ2n) is 6.54. The molecule has 10 heteroatoms. The number of hydrogen-bond acceptors (Lipinski definition) is 3. The van der Waals surface area contributed by atoms with E-state index in [1.54, 1.807) is 0 Å². The molecular formula is C19H17F7N2O. The van der Waals surface area contributed by atoms with E-state index in [-0.39, 0.29) is 5.56 Å². The molecule has 2 aromatic carbocycles. The van der Waals surface area contributed by atoms with Crippen molar-refractivity contribution in [2.45, 2.75) is 18.6 Å². The topological polar surface area (TPSA) is 24.5 Å². The molecule has 3 rings (SSSR count). The second-order valence-corrected chi connectivity index (χ2v) is 6.54. The molecule has 0 aromatic heterocycles. The van der Waals surface area contributed by atoms with Gasteiger partial charge in [-0.2, -0.15) is 13.2 Å². The van der Waals surface area contributed by atoms with Gasteiger partial charge in [-0.25, -0.2) is 4.39 Å². The first-order valence-electron chi connectivity index (χ1n) is 8.72. The summed E-state index contributed by atoms with van der Waals surface area (Å²) < 4.78 is 94.2. The van der Waals surface area contributed by atoms with Crippen LogP contribution in [0.25, 0.3) is 0 Å². The molecule has 2 aromatic rings. The highest BCUT2D eigenvalue weighted by Crippen LogP contribution is 2.37. The number of piperazine rings is 1. The molecule has 0 bridgehead atoms. The van der Waals surface area contributed by atoms with Crippen molar-refractivity contribution in [3.05, 3.63) is 65.0 Å². The summed E-state index contributed by atoms with van der Waals surface area (Å²) in [5, 5.41) is 3.13. The fourth-order valence-corrected chi connectivity index (χ4v) is 3.34. The van der Waals surface area contributed by atoms with Crippen LogP contribution in [0.2, 0.25) is 0 Å². The molecule has 29 heavy (non-hydrogen) atoms. The Morgan fingerprint density at radius 2 is 1.45 bits per heavy atom. The van der Waals surface area contributed by atoms with E-state index in [0.717, 1.165) is 24.3 Å². The molecule has 0 spiro atoms. The highest BCUT2D eigenvalue weighted by molar-refractivity contribution is 5.38. The fourth-order valence-electron chi connectivity index (χ4n) is 3.34. The quantitative estimate of drug-likeness (QED) is 0.721. The van der Waals surface area contributed by atoms with Crippen molar-refractivity contribution in [2.24, 2.45) is 0 Å². The molecule has 3 nitrogen and oxygen atoms in total. The molecule has 0 saturated carbocycles. The number of benzene rings is 2. The molecule has 0 unspecified atom stereocenters. The van der Waals surface area contributed by atoms with Gasteiger partial charge in [0, 0.05) is 26.2 Å². The lowest BCUT2D eigenvalue weighted by Gasteiger charge is -2.36. The number of alkyl halides is 6. The SMILES string of the molecule is Fc1ccc([C@@H](c2ccc(OC(F)(F)F)cc2)N2CCNCC2)cc1C(F)(F)F. The van der Waals surface area contributed by atoms with Crippen LogP contribution in [0.3, 0.4) is 0 Å². The summed E-state index contributed by atoms with van der Waals surface area (Å²) >= 11 is 0. The minimum absolute atomic E-state index is 0.199. The molecular weight excluding hydrogens is 405 g/mol. The third-order valence-corrected chi connectivity index (χ3v) is 4.56. The third-order valence-electron chi connectivity index (χ3n) is 4.56. The zero-order valence-electron chi connectivity index (χ0n) is 14.9. The molecule has 1 aliphatic heterocycles. The number of hydrogen-bond donors (Lipinski definition) is 1. The largest absolute Gasteiger partial charge is 0.573 e. The number of nitrogens with zero attached hydrogens (tertiary/aromatic N) is 1. The predicted octanol–water partition coefficient (Wildman–Crippen LogP) is 4.74. The number of rotatable bonds is 4. The predicted molar refractivity (Wildman–Crippen MR) is 90.8 cm³/mol. The molecule has 158 valence electrons. The summed E-state index contributed by atoms with van der Waals surface area (Å²) in [6.07, 6.45) is -9.71. The van der Waals surface area contributed by atoms with Crippen molar-refractivity contribution in [3.63, 3.8) is 0 Å². The summed E-state index contributed by atoms with van der Waals surface area (Å²) in [5.41, 5.74) is -0.710. The smallest absolute Gasteiger partial charge is 0.406 e. The maximum atomic E-state index is 13.7. The van der Waals surface area contributed by atoms with Gasteiger partial charge in [-0.1, -0.05) is 18.2 Å². The normalized spacial score (nSPS) is 17.2. The maximum absolute atomic E-state index is 13.7. The lowest BCUT2D eigenvalue weighted by atomic mass is 9.94. The molecule has 1 aliphatic rings. The Balaban J connectivity index is 2.00. The third kappa shape index (κ3) is 5.39. The Kier molecular flexibility index (Phi) is 6.04. The van der Waals surface area contributed by atoms with Crippen LogP contribution in [-0.2, 0) is 6.18 Å². The lowest BCUT2D eigenvalue weighted by Crippen LogP contribution is -2.45. The molecule has 1 saturated heterocycles. The average molecular weight is 422 g/mol. The van der Waals surface area contributed by atoms with Crippen LogP contribution in [0, 0.1) is 5.82 Å². The van der Waals surface area contributed by atoms with Crippen LogP contribution >= 0.6 is 0 Å². The summed E-state index contributed by atoms with van der Waals surface area (Å²) in [6.45, 7) is 2.20. The van der Waals surface area contributed by atoms with Crippen LogP contribution in [0.5, 0.6) is 5.75 Å². The van der Waals surface area contributed by atoms with E-state index in [2.05, 4.69) is 10.1 Å². The summed E-state index contributed by atoms with van der Waals surface area (Å²) in [6, 6.07) is 7.03. The molecule has 0 aliphatic carbocycles. The number of nitrogens with one attached hydrogen (secondary N) is 1. The maximum Gasteiger partial charge on any atom is 0.573 e. The van der Waals surface area contributed by atoms with Crippen molar-refractivity contribution in [1.82, 2.24) is 10.2 Å². The zero-order chi connectivity index (χ0) is 21.2. The molecule has 0 amide bonds. The second kappa shape index (κ2) is 8.19. The summed E-state index contributed by atoms with van der Waals surface area (Å²) in [4.78, 5) is 1.89. The monoisotopic (exact) mass is 422 g/mol. The minimum Gasteiger partial charge on any atom is -0.406 e. The van der Waals surface area contributed by atoms with Crippen LogP contribution < -0.4 is 10.1 Å². The van der Waals surface area contributed by atoms with Crippen LogP contribution in [0.1, 0.15) is 22.7 Å². The Labute approximate surface area is 162 Å². The summed E-state index contributed by atoms with van der Waals surface area (Å²) in [7, 11) is 0. The van der Waals surface area contributed by atoms with Gasteiger partial charge in [-0.3, -0.25) is 4.90 Å².